The minimum Gasteiger partial charge on any atom is -0.433 e. The second-order valence-corrected chi connectivity index (χ2v) is 26.1. The average molecular weight is 559 g/mol. The lowest BCUT2D eigenvalue weighted by atomic mass is 10.1. The Bertz CT molecular complexity index is 1260. The van der Waals surface area contributed by atoms with Gasteiger partial charge in [-0.1, -0.05) is 109 Å². The highest BCUT2D eigenvalue weighted by Gasteiger charge is 2.43. The molecule has 0 heterocycles. The van der Waals surface area contributed by atoms with E-state index in [0.717, 1.165) is 0 Å². The van der Waals surface area contributed by atoms with Crippen LogP contribution in [0.3, 0.4) is 0 Å². The molecule has 0 aliphatic rings. The molecule has 0 amide bonds. The summed E-state index contributed by atoms with van der Waals surface area (Å²) in [7, 11) is -7.20. The first-order valence-corrected chi connectivity index (χ1v) is 23.4. The van der Waals surface area contributed by atoms with Crippen LogP contribution in [0.4, 0.5) is 0 Å². The number of hydrogen-bond donors (Lipinski definition) is 0. The smallest absolute Gasteiger partial charge is 0.349 e. The fourth-order valence-electron chi connectivity index (χ4n) is 4.89. The lowest BCUT2D eigenvalue weighted by Crippen LogP contribution is -2.60. The van der Waals surface area contributed by atoms with Gasteiger partial charge in [0.25, 0.3) is 0 Å². The third-order valence-corrected chi connectivity index (χ3v) is 17.8. The van der Waals surface area contributed by atoms with Gasteiger partial charge in [0, 0.05) is 5.19 Å². The maximum Gasteiger partial charge on any atom is 0.349 e. The van der Waals surface area contributed by atoms with Gasteiger partial charge in [-0.2, -0.15) is 0 Å². The first-order valence-electron chi connectivity index (χ1n) is 13.0. The summed E-state index contributed by atoms with van der Waals surface area (Å²) < 4.78 is 14.0. The van der Waals surface area contributed by atoms with E-state index in [1.54, 1.807) is 0 Å². The molecule has 0 bridgehead atoms. The second kappa shape index (κ2) is 11.3. The first kappa shape index (κ1) is 27.9. The van der Waals surface area contributed by atoms with E-state index < -0.39 is 33.1 Å². The van der Waals surface area contributed by atoms with Gasteiger partial charge in [0.2, 0.25) is 0 Å². The molecule has 6 heteroatoms. The fraction of sp³-hybridized carbons (Fsp3) is 0.226. The Morgan fingerprint density at radius 3 is 1.35 bits per heavy atom. The summed E-state index contributed by atoms with van der Waals surface area (Å²) in [6.45, 7) is 15.9. The standard InChI is InChI=1S/C31H39O2PSi3/c1-35(2,3)32-37(7,33-36(4,5)6)31-25-17-15-23-29(31)28-22-14-16-24-30(28)34(26-18-10-8-11-19-26)27-20-12-9-13-21-27/h8-25H,1-7H3. The van der Waals surface area contributed by atoms with Crippen molar-refractivity contribution < 1.29 is 8.23 Å². The quantitative estimate of drug-likeness (QED) is 0.161. The van der Waals surface area contributed by atoms with Crippen molar-refractivity contribution >= 4 is 54.2 Å². The zero-order valence-corrected chi connectivity index (χ0v) is 27.1. The van der Waals surface area contributed by atoms with E-state index >= 15 is 0 Å². The highest BCUT2D eigenvalue weighted by atomic mass is 31.1. The Hall–Kier alpha value is -2.12. The van der Waals surface area contributed by atoms with Crippen molar-refractivity contribution in [2.24, 2.45) is 0 Å². The van der Waals surface area contributed by atoms with Gasteiger partial charge in [0.15, 0.2) is 16.6 Å². The van der Waals surface area contributed by atoms with E-state index in [9.17, 15) is 0 Å². The van der Waals surface area contributed by atoms with Crippen LogP contribution in [0.1, 0.15) is 0 Å². The van der Waals surface area contributed by atoms with Crippen LogP contribution in [0.15, 0.2) is 109 Å². The molecule has 0 aliphatic heterocycles. The summed E-state index contributed by atoms with van der Waals surface area (Å²) >= 11 is 0. The highest BCUT2D eigenvalue weighted by molar-refractivity contribution is 7.80. The summed E-state index contributed by atoms with van der Waals surface area (Å²) in [6, 6.07) is 39.6. The molecule has 0 atom stereocenters. The Balaban J connectivity index is 1.95. The van der Waals surface area contributed by atoms with Gasteiger partial charge >= 0.3 is 8.56 Å². The molecule has 0 N–H and O–H groups in total. The van der Waals surface area contributed by atoms with Gasteiger partial charge in [-0.05, 0) is 80.8 Å². The van der Waals surface area contributed by atoms with Crippen LogP contribution in [-0.4, -0.2) is 25.2 Å². The van der Waals surface area contributed by atoms with Crippen LogP contribution in [0.2, 0.25) is 45.8 Å². The molecule has 2 nitrogen and oxygen atoms in total. The zero-order chi connectivity index (χ0) is 26.7. The predicted octanol–water partition coefficient (Wildman–Crippen LogP) is 7.09. The maximum atomic E-state index is 7.01. The Kier molecular flexibility index (Phi) is 8.54. The third-order valence-electron chi connectivity index (χ3n) is 5.88. The van der Waals surface area contributed by atoms with E-state index in [1.807, 2.05) is 0 Å². The Labute approximate surface area is 228 Å². The highest BCUT2D eigenvalue weighted by Crippen LogP contribution is 2.37. The molecular weight excluding hydrogens is 520 g/mol. The molecule has 0 radical (unpaired) electrons. The van der Waals surface area contributed by atoms with Crippen molar-refractivity contribution in [2.45, 2.75) is 45.8 Å². The summed E-state index contributed by atoms with van der Waals surface area (Å²) in [5, 5.41) is 5.30. The van der Waals surface area contributed by atoms with Crippen molar-refractivity contribution in [2.75, 3.05) is 0 Å². The van der Waals surface area contributed by atoms with Crippen LogP contribution >= 0.6 is 7.92 Å². The molecule has 4 aromatic carbocycles. The molecule has 4 aromatic rings. The van der Waals surface area contributed by atoms with Crippen LogP contribution in [0, 0.1) is 0 Å². The van der Waals surface area contributed by atoms with Gasteiger partial charge in [-0.15, -0.1) is 0 Å². The molecule has 0 saturated carbocycles. The molecule has 0 unspecified atom stereocenters. The Morgan fingerprint density at radius 1 is 0.459 bits per heavy atom. The average Bonchev–Trinajstić information content (AvgIpc) is 2.84. The summed E-state index contributed by atoms with van der Waals surface area (Å²) in [5.41, 5.74) is 2.51. The lowest BCUT2D eigenvalue weighted by molar-refractivity contribution is 0.405. The third kappa shape index (κ3) is 7.05. The van der Waals surface area contributed by atoms with E-state index in [-0.39, 0.29) is 0 Å². The molecule has 4 rings (SSSR count). The summed E-state index contributed by atoms with van der Waals surface area (Å²) in [5.74, 6) is 0. The lowest BCUT2D eigenvalue weighted by Gasteiger charge is -2.39. The van der Waals surface area contributed by atoms with E-state index in [0.29, 0.717) is 0 Å². The predicted molar refractivity (Wildman–Crippen MR) is 171 cm³/mol. The fourth-order valence-corrected chi connectivity index (χ4v) is 19.2. The maximum absolute atomic E-state index is 7.01. The van der Waals surface area contributed by atoms with Crippen molar-refractivity contribution in [1.82, 2.24) is 0 Å². The van der Waals surface area contributed by atoms with Gasteiger partial charge in [-0.25, -0.2) is 0 Å². The molecule has 192 valence electrons. The number of hydrogen-bond acceptors (Lipinski definition) is 2. The molecule has 0 saturated heterocycles. The normalized spacial score (nSPS) is 12.6. The number of benzene rings is 4. The molecule has 0 aliphatic carbocycles. The number of rotatable bonds is 9. The first-order chi connectivity index (χ1) is 17.5. The van der Waals surface area contributed by atoms with Gasteiger partial charge in [0.05, 0.1) is 0 Å². The SMILES string of the molecule is C[Si](C)(C)O[Si](C)(O[Si](C)(C)C)c1ccccc1-c1ccccc1P(c1ccccc1)c1ccccc1. The second-order valence-electron chi connectivity index (χ2n) is 11.4. The van der Waals surface area contributed by atoms with E-state index in [1.165, 1.54) is 32.2 Å². The van der Waals surface area contributed by atoms with Crippen LogP contribution in [0.5, 0.6) is 0 Å². The molecule has 0 aromatic heterocycles. The zero-order valence-electron chi connectivity index (χ0n) is 23.2. The molecule has 0 spiro atoms. The van der Waals surface area contributed by atoms with Crippen molar-refractivity contribution in [1.29, 1.82) is 0 Å². The Morgan fingerprint density at radius 2 is 0.865 bits per heavy atom. The van der Waals surface area contributed by atoms with Crippen molar-refractivity contribution in [3.63, 3.8) is 0 Å². The summed E-state index contributed by atoms with van der Waals surface area (Å²) in [4.78, 5) is 0. The van der Waals surface area contributed by atoms with Crippen molar-refractivity contribution in [3.05, 3.63) is 109 Å². The van der Waals surface area contributed by atoms with E-state index in [4.69, 9.17) is 8.23 Å². The van der Waals surface area contributed by atoms with Crippen LogP contribution in [0.25, 0.3) is 11.1 Å². The van der Waals surface area contributed by atoms with Crippen LogP contribution < -0.4 is 21.1 Å². The minimum atomic E-state index is -2.71. The minimum absolute atomic E-state index is 0.741. The topological polar surface area (TPSA) is 18.5 Å². The largest absolute Gasteiger partial charge is 0.433 e. The monoisotopic (exact) mass is 558 g/mol. The van der Waals surface area contributed by atoms with Crippen molar-refractivity contribution in [3.8, 4) is 11.1 Å². The molecule has 37 heavy (non-hydrogen) atoms. The molecular formula is C31H39O2PSi3. The van der Waals surface area contributed by atoms with Gasteiger partial charge < -0.3 is 8.23 Å². The van der Waals surface area contributed by atoms with Gasteiger partial charge in [0.1, 0.15) is 0 Å². The van der Waals surface area contributed by atoms with E-state index in [2.05, 4.69) is 155 Å². The van der Waals surface area contributed by atoms with Gasteiger partial charge in [-0.3, -0.25) is 0 Å². The molecule has 0 fully saturated rings. The summed E-state index contributed by atoms with van der Waals surface area (Å²) in [6.07, 6.45) is 0. The van der Waals surface area contributed by atoms with Crippen LogP contribution in [-0.2, 0) is 8.23 Å².